The topological polar surface area (TPSA) is 145 Å². The lowest BCUT2D eigenvalue weighted by molar-refractivity contribution is -0.138. The fourth-order valence-corrected chi connectivity index (χ4v) is 2.49. The summed E-state index contributed by atoms with van der Waals surface area (Å²) in [5, 5.41) is 11.3. The van der Waals surface area contributed by atoms with Gasteiger partial charge in [0.2, 0.25) is 17.8 Å². The number of nitrogens with zero attached hydrogens (tertiary/aromatic N) is 5. The van der Waals surface area contributed by atoms with E-state index in [0.29, 0.717) is 11.4 Å². The van der Waals surface area contributed by atoms with Gasteiger partial charge in [-0.1, -0.05) is 0 Å². The first kappa shape index (κ1) is 23.5. The summed E-state index contributed by atoms with van der Waals surface area (Å²) >= 11 is 0. The molecule has 33 heavy (non-hydrogen) atoms. The molecule has 0 aliphatic rings. The summed E-state index contributed by atoms with van der Waals surface area (Å²) in [5.74, 6) is -1.40. The number of anilines is 4. The van der Waals surface area contributed by atoms with Crippen molar-refractivity contribution in [3.8, 4) is 11.7 Å². The van der Waals surface area contributed by atoms with E-state index in [1.807, 2.05) is 0 Å². The van der Waals surface area contributed by atoms with Crippen molar-refractivity contribution in [3.05, 3.63) is 36.3 Å². The van der Waals surface area contributed by atoms with Gasteiger partial charge in [0.15, 0.2) is 11.6 Å². The van der Waals surface area contributed by atoms with Crippen LogP contribution in [0.4, 0.5) is 41.0 Å². The van der Waals surface area contributed by atoms with E-state index >= 15 is 0 Å². The third-order valence-corrected chi connectivity index (χ3v) is 4.03. The van der Waals surface area contributed by atoms with E-state index in [1.54, 1.807) is 36.7 Å². The van der Waals surface area contributed by atoms with Crippen LogP contribution >= 0.6 is 0 Å². The number of benzene rings is 1. The first-order valence-corrected chi connectivity index (χ1v) is 9.38. The molecule has 0 aliphatic heterocycles. The number of amides is 1. The van der Waals surface area contributed by atoms with Crippen LogP contribution in [0.1, 0.15) is 10.7 Å². The second-order valence-corrected chi connectivity index (χ2v) is 6.49. The number of halogens is 4. The van der Waals surface area contributed by atoms with Crippen LogP contribution in [-0.4, -0.2) is 57.0 Å². The smallest absolute Gasteiger partial charge is 0.405 e. The maximum absolute atomic E-state index is 14.0. The highest BCUT2D eigenvalue weighted by Crippen LogP contribution is 2.20. The van der Waals surface area contributed by atoms with Crippen LogP contribution in [0.25, 0.3) is 5.95 Å². The van der Waals surface area contributed by atoms with Gasteiger partial charge in [-0.15, -0.1) is 5.10 Å². The molecule has 0 spiro atoms. The molecule has 3 aromatic rings. The van der Waals surface area contributed by atoms with Crippen molar-refractivity contribution in [2.75, 3.05) is 36.6 Å². The number of nitrogen functional groups attached to an aromatic ring is 1. The summed E-state index contributed by atoms with van der Waals surface area (Å²) in [6, 6.07) is 6.92. The van der Waals surface area contributed by atoms with Crippen LogP contribution in [0.2, 0.25) is 0 Å². The van der Waals surface area contributed by atoms with Gasteiger partial charge < -0.3 is 26.4 Å². The standard InChI is InChI=1S/C18H19F4N9O2.3H2/c1-33-11-4-2-10(3-5-11)27-16-29-15(23)31(30-16)17-25-8-12(19)14(28-17)24-7-6-13(32)26-9-18(20,21)22;;;/h2-5,8H,6-7,9H2,1H3,(H,26,32)(H,24,25,28)(H3,23,27,29,30);3*1H. The molecule has 15 heteroatoms. The number of hydrogen-bond donors (Lipinski definition) is 4. The zero-order valence-electron chi connectivity index (χ0n) is 17.1. The van der Waals surface area contributed by atoms with Crippen molar-refractivity contribution in [1.82, 2.24) is 30.0 Å². The Hall–Kier alpha value is -4.17. The third-order valence-electron chi connectivity index (χ3n) is 4.03. The predicted molar refractivity (Wildman–Crippen MR) is 116 cm³/mol. The Balaban J connectivity index is 0.00000408. The Morgan fingerprint density at radius 3 is 2.64 bits per heavy atom. The largest absolute Gasteiger partial charge is 0.497 e. The van der Waals surface area contributed by atoms with Crippen molar-refractivity contribution in [2.45, 2.75) is 12.6 Å². The summed E-state index contributed by atoms with van der Waals surface area (Å²) in [4.78, 5) is 23.3. The van der Waals surface area contributed by atoms with E-state index in [1.165, 1.54) is 0 Å². The van der Waals surface area contributed by atoms with E-state index in [-0.39, 0.29) is 40.9 Å². The normalized spacial score (nSPS) is 11.2. The lowest BCUT2D eigenvalue weighted by atomic mass is 10.3. The molecule has 3 rings (SSSR count). The minimum absolute atomic E-state index is 0. The molecule has 0 fully saturated rings. The molecule has 0 unspecified atom stereocenters. The average molecular weight is 475 g/mol. The van der Waals surface area contributed by atoms with Gasteiger partial charge in [0.1, 0.15) is 12.3 Å². The Morgan fingerprint density at radius 1 is 1.24 bits per heavy atom. The molecule has 11 nitrogen and oxygen atoms in total. The highest BCUT2D eigenvalue weighted by atomic mass is 19.4. The lowest BCUT2D eigenvalue weighted by Crippen LogP contribution is -2.34. The number of carbonyl (C=O) groups is 1. The van der Waals surface area contributed by atoms with Crippen LogP contribution < -0.4 is 26.4 Å². The Labute approximate surface area is 188 Å². The van der Waals surface area contributed by atoms with E-state index in [9.17, 15) is 22.4 Å². The SMILES string of the molecule is COc1ccc(Nc2nc(N)n(-c3ncc(F)c(NCCC(=O)NCC(F)(F)F)n3)n2)cc1.[HH].[HH].[HH]. The second kappa shape index (κ2) is 9.97. The minimum atomic E-state index is -4.52. The maximum Gasteiger partial charge on any atom is 0.405 e. The number of nitrogens with one attached hydrogen (secondary N) is 3. The molecule has 5 N–H and O–H groups in total. The van der Waals surface area contributed by atoms with Gasteiger partial charge in [-0.25, -0.2) is 9.37 Å². The van der Waals surface area contributed by atoms with Crippen LogP contribution in [0.15, 0.2) is 30.5 Å². The van der Waals surface area contributed by atoms with E-state index < -0.39 is 24.4 Å². The van der Waals surface area contributed by atoms with Crippen LogP contribution in [0, 0.1) is 5.82 Å². The van der Waals surface area contributed by atoms with Gasteiger partial charge in [0.05, 0.1) is 13.3 Å². The quantitative estimate of drug-likeness (QED) is 0.343. The molecular weight excluding hydrogens is 450 g/mol. The minimum Gasteiger partial charge on any atom is -0.497 e. The van der Waals surface area contributed by atoms with Crippen LogP contribution in [-0.2, 0) is 4.79 Å². The molecular formula is C18H25F4N9O2. The molecule has 0 radical (unpaired) electrons. The molecule has 0 saturated carbocycles. The van der Waals surface area contributed by atoms with Gasteiger partial charge in [-0.3, -0.25) is 4.79 Å². The summed E-state index contributed by atoms with van der Waals surface area (Å²) in [5.41, 5.74) is 6.51. The van der Waals surface area contributed by atoms with Crippen LogP contribution in [0.5, 0.6) is 5.75 Å². The fraction of sp³-hybridized carbons (Fsp3) is 0.278. The number of ether oxygens (including phenoxy) is 1. The maximum atomic E-state index is 14.0. The molecule has 2 heterocycles. The number of rotatable bonds is 9. The lowest BCUT2D eigenvalue weighted by Gasteiger charge is -2.10. The van der Waals surface area contributed by atoms with E-state index in [2.05, 4.69) is 30.7 Å². The fourth-order valence-electron chi connectivity index (χ4n) is 2.49. The van der Waals surface area contributed by atoms with Gasteiger partial charge in [-0.2, -0.15) is 27.8 Å². The second-order valence-electron chi connectivity index (χ2n) is 6.49. The van der Waals surface area contributed by atoms with Crippen molar-refractivity contribution >= 4 is 29.3 Å². The molecule has 182 valence electrons. The highest BCUT2D eigenvalue weighted by molar-refractivity contribution is 5.76. The molecule has 0 bridgehead atoms. The van der Waals surface area contributed by atoms with E-state index in [0.717, 1.165) is 10.9 Å². The van der Waals surface area contributed by atoms with Crippen molar-refractivity contribution < 1.29 is 31.4 Å². The van der Waals surface area contributed by atoms with E-state index in [4.69, 9.17) is 10.5 Å². The molecule has 1 amide bonds. The molecule has 1 aromatic carbocycles. The Morgan fingerprint density at radius 2 is 1.97 bits per heavy atom. The summed E-state index contributed by atoms with van der Waals surface area (Å²) in [6.07, 6.45) is -4.00. The van der Waals surface area contributed by atoms with Crippen molar-refractivity contribution in [2.24, 2.45) is 0 Å². The first-order chi connectivity index (χ1) is 15.6. The molecule has 0 saturated heterocycles. The van der Waals surface area contributed by atoms with Gasteiger partial charge in [0, 0.05) is 22.9 Å². The highest BCUT2D eigenvalue weighted by Gasteiger charge is 2.27. The Kier molecular flexibility index (Phi) is 7.10. The summed E-state index contributed by atoms with van der Waals surface area (Å²) in [7, 11) is 1.54. The first-order valence-electron chi connectivity index (χ1n) is 9.38. The van der Waals surface area contributed by atoms with Crippen molar-refractivity contribution in [1.29, 1.82) is 0 Å². The van der Waals surface area contributed by atoms with Gasteiger partial charge >= 0.3 is 6.18 Å². The van der Waals surface area contributed by atoms with Crippen LogP contribution in [0.3, 0.4) is 0 Å². The number of carbonyl (C=O) groups excluding carboxylic acids is 1. The number of nitrogens with two attached hydrogens (primary N) is 1. The van der Waals surface area contributed by atoms with Gasteiger partial charge in [-0.05, 0) is 24.3 Å². The summed E-state index contributed by atoms with van der Waals surface area (Å²) in [6.45, 7) is -1.62. The average Bonchev–Trinajstić information content (AvgIpc) is 3.13. The van der Waals surface area contributed by atoms with Crippen molar-refractivity contribution in [3.63, 3.8) is 0 Å². The molecule has 0 aliphatic carbocycles. The number of aromatic nitrogens is 5. The molecule has 0 atom stereocenters. The predicted octanol–water partition coefficient (Wildman–Crippen LogP) is 2.75. The van der Waals surface area contributed by atoms with Gasteiger partial charge in [0.25, 0.3) is 5.95 Å². The zero-order chi connectivity index (χ0) is 24.0. The summed E-state index contributed by atoms with van der Waals surface area (Å²) < 4.78 is 56.5. The Bertz CT molecular complexity index is 1120. The zero-order valence-corrected chi connectivity index (χ0v) is 17.1. The number of methoxy groups -OCH3 is 1. The number of alkyl halides is 3. The monoisotopic (exact) mass is 475 g/mol. The third kappa shape index (κ3) is 6.65. The number of hydrogen-bond acceptors (Lipinski definition) is 9. The molecule has 2 aromatic heterocycles.